The molecule has 156 valence electrons. The zero-order valence-electron chi connectivity index (χ0n) is 18.2. The Labute approximate surface area is 179 Å². The fourth-order valence-electron chi connectivity index (χ4n) is 7.54. The first kappa shape index (κ1) is 19.7. The molecule has 2 nitrogen and oxygen atoms in total. The standard InChI is InChI=1S/C26H34O2S/c1-16-7-5-6-8-21(16)28-22-11-10-19-18-9-12-23-26(4,17(2)15-24(27)29-23)20(18)13-14-25(19,22)3/h5-8,15,18-20,22-23H,9-14H2,1-4H3/t18-,19-,20-,22-,23+,25-,26+/m0/s1. The summed E-state index contributed by atoms with van der Waals surface area (Å²) < 4.78 is 6.67. The third-order valence-corrected chi connectivity index (χ3v) is 10.7. The monoisotopic (exact) mass is 410 g/mol. The van der Waals surface area contributed by atoms with Crippen molar-refractivity contribution in [2.45, 2.75) is 77.6 Å². The average molecular weight is 411 g/mol. The largest absolute Gasteiger partial charge is 0.490 e. The number of hydrogen-bond donors (Lipinski definition) is 0. The van der Waals surface area contributed by atoms with Gasteiger partial charge in [0, 0.05) is 16.1 Å². The molecule has 1 heterocycles. The molecule has 4 aliphatic rings. The van der Waals surface area contributed by atoms with Crippen molar-refractivity contribution in [3.63, 3.8) is 0 Å². The molecule has 0 unspecified atom stereocenters. The van der Waals surface area contributed by atoms with Crippen LogP contribution in [0.4, 0.5) is 0 Å². The second-order valence-electron chi connectivity index (χ2n) is 10.5. The molecule has 3 aliphatic carbocycles. The van der Waals surface area contributed by atoms with Crippen molar-refractivity contribution >= 4 is 16.9 Å². The van der Waals surface area contributed by atoms with Gasteiger partial charge in [0.1, 0.15) is 11.9 Å². The Kier molecular flexibility index (Phi) is 4.70. The predicted molar refractivity (Wildman–Crippen MR) is 120 cm³/mol. The molecule has 3 saturated carbocycles. The highest BCUT2D eigenvalue weighted by Crippen LogP contribution is 2.66. The van der Waals surface area contributed by atoms with Gasteiger partial charge in [0.2, 0.25) is 5.12 Å². The van der Waals surface area contributed by atoms with E-state index in [0.29, 0.717) is 17.3 Å². The summed E-state index contributed by atoms with van der Waals surface area (Å²) in [6.45, 7) is 9.36. The van der Waals surface area contributed by atoms with Crippen LogP contribution in [0.1, 0.15) is 64.9 Å². The number of rotatable bonds is 2. The van der Waals surface area contributed by atoms with Gasteiger partial charge in [0.15, 0.2) is 0 Å². The maximum Gasteiger partial charge on any atom is 0.212 e. The molecule has 1 aliphatic heterocycles. The fourth-order valence-corrected chi connectivity index (χ4v) is 8.92. The van der Waals surface area contributed by atoms with Crippen molar-refractivity contribution in [2.24, 2.45) is 28.6 Å². The van der Waals surface area contributed by atoms with Crippen LogP contribution in [0.25, 0.3) is 0 Å². The molecule has 0 bridgehead atoms. The highest BCUT2D eigenvalue weighted by Gasteiger charge is 2.61. The van der Waals surface area contributed by atoms with Gasteiger partial charge in [-0.15, -0.1) is 0 Å². The number of hydrogen-bond acceptors (Lipinski definition) is 3. The second-order valence-corrected chi connectivity index (χ2v) is 11.7. The normalized spacial score (nSPS) is 43.8. The van der Waals surface area contributed by atoms with Crippen LogP contribution in [-0.2, 0) is 4.79 Å². The molecule has 3 heteroatoms. The average Bonchev–Trinajstić information content (AvgIpc) is 3.01. The lowest BCUT2D eigenvalue weighted by molar-refractivity contribution is -0.108. The third-order valence-electron chi connectivity index (χ3n) is 9.36. The van der Waals surface area contributed by atoms with Crippen molar-refractivity contribution < 1.29 is 9.53 Å². The quantitative estimate of drug-likeness (QED) is 0.551. The molecule has 0 aromatic heterocycles. The van der Waals surface area contributed by atoms with E-state index in [2.05, 4.69) is 52.0 Å². The molecular formula is C26H34O2S. The zero-order valence-corrected chi connectivity index (χ0v) is 19.1. The third kappa shape index (κ3) is 2.86. The van der Waals surface area contributed by atoms with Crippen molar-refractivity contribution in [1.29, 1.82) is 0 Å². The summed E-state index contributed by atoms with van der Waals surface area (Å²) in [5.74, 6) is 3.31. The second kappa shape index (κ2) is 6.90. The number of benzene rings is 1. The Balaban J connectivity index is 1.42. The van der Waals surface area contributed by atoms with E-state index in [-0.39, 0.29) is 15.9 Å². The predicted octanol–water partition coefficient (Wildman–Crippen LogP) is 6.57. The highest BCUT2D eigenvalue weighted by atomic mass is 32.2. The van der Waals surface area contributed by atoms with Gasteiger partial charge in [-0.1, -0.05) is 49.4 Å². The summed E-state index contributed by atoms with van der Waals surface area (Å²) in [4.78, 5) is 12.2. The van der Waals surface area contributed by atoms with E-state index in [0.717, 1.165) is 17.6 Å². The van der Waals surface area contributed by atoms with E-state index < -0.39 is 0 Å². The highest BCUT2D eigenvalue weighted by molar-refractivity contribution is 8.14. The minimum absolute atomic E-state index is 0.192. The summed E-state index contributed by atoms with van der Waals surface area (Å²) in [5.41, 5.74) is 3.06. The van der Waals surface area contributed by atoms with Gasteiger partial charge >= 0.3 is 0 Å². The van der Waals surface area contributed by atoms with Crippen molar-refractivity contribution in [3.05, 3.63) is 41.5 Å². The summed E-state index contributed by atoms with van der Waals surface area (Å²) in [7, 11) is 0. The number of para-hydroxylation sites is 1. The lowest BCUT2D eigenvalue weighted by atomic mass is 9.48. The molecule has 29 heavy (non-hydrogen) atoms. The molecule has 0 radical (unpaired) electrons. The Morgan fingerprint density at radius 3 is 2.59 bits per heavy atom. The van der Waals surface area contributed by atoms with Gasteiger partial charge in [-0.2, -0.15) is 0 Å². The summed E-state index contributed by atoms with van der Waals surface area (Å²) in [5, 5.41) is 0.752. The number of allylic oxidation sites excluding steroid dienone is 1. The molecule has 1 aromatic carbocycles. The van der Waals surface area contributed by atoms with Gasteiger partial charge in [0.25, 0.3) is 0 Å². The molecule has 0 amide bonds. The van der Waals surface area contributed by atoms with Crippen LogP contribution in [0.5, 0.6) is 5.75 Å². The van der Waals surface area contributed by atoms with E-state index in [1.807, 2.05) is 6.08 Å². The van der Waals surface area contributed by atoms with Crippen LogP contribution in [0.15, 0.2) is 35.9 Å². The molecular weight excluding hydrogens is 376 g/mol. The smallest absolute Gasteiger partial charge is 0.212 e. The van der Waals surface area contributed by atoms with Crippen molar-refractivity contribution in [3.8, 4) is 5.75 Å². The molecule has 5 rings (SSSR count). The first-order chi connectivity index (χ1) is 13.8. The van der Waals surface area contributed by atoms with E-state index >= 15 is 0 Å². The lowest BCUT2D eigenvalue weighted by Crippen LogP contribution is -2.55. The van der Waals surface area contributed by atoms with Crippen LogP contribution in [0, 0.1) is 35.5 Å². The van der Waals surface area contributed by atoms with E-state index in [4.69, 9.17) is 4.74 Å². The number of carbonyl (C=O) groups excluding carboxylic acids is 1. The van der Waals surface area contributed by atoms with Crippen LogP contribution in [-0.4, -0.2) is 16.5 Å². The number of ether oxygens (including phenoxy) is 1. The first-order valence-corrected chi connectivity index (χ1v) is 12.3. The van der Waals surface area contributed by atoms with E-state index in [1.165, 1.54) is 49.7 Å². The Hall–Kier alpha value is -1.22. The van der Waals surface area contributed by atoms with Gasteiger partial charge in [-0.25, -0.2) is 0 Å². The van der Waals surface area contributed by atoms with Crippen LogP contribution in [0.3, 0.4) is 0 Å². The van der Waals surface area contributed by atoms with E-state index in [1.54, 1.807) is 11.8 Å². The number of fused-ring (bicyclic) bond motifs is 5. The SMILES string of the molecule is CC1=CC(=O)S[C@@H]2CC[C@H]3[C@@H]4CC[C@H](Oc5ccccc5C)[C@@]4(C)CC[C@@H]3[C@@]12C. The first-order valence-electron chi connectivity index (χ1n) is 11.5. The topological polar surface area (TPSA) is 26.3 Å². The van der Waals surface area contributed by atoms with Gasteiger partial charge in [-0.3, -0.25) is 4.79 Å². The minimum atomic E-state index is 0.192. The summed E-state index contributed by atoms with van der Waals surface area (Å²) in [6.07, 6.45) is 9.76. The van der Waals surface area contributed by atoms with Crippen LogP contribution in [0.2, 0.25) is 0 Å². The Bertz CT molecular complexity index is 860. The van der Waals surface area contributed by atoms with Crippen molar-refractivity contribution in [2.75, 3.05) is 0 Å². The Morgan fingerprint density at radius 2 is 1.79 bits per heavy atom. The zero-order chi connectivity index (χ0) is 20.4. The fraction of sp³-hybridized carbons (Fsp3) is 0.654. The molecule has 7 atom stereocenters. The molecule has 1 aromatic rings. The maximum absolute atomic E-state index is 12.2. The summed E-state index contributed by atoms with van der Waals surface area (Å²) >= 11 is 1.62. The molecule has 0 spiro atoms. The van der Waals surface area contributed by atoms with Gasteiger partial charge in [-0.05, 0) is 87.8 Å². The number of thioether (sulfide) groups is 1. The Morgan fingerprint density at radius 1 is 1.00 bits per heavy atom. The van der Waals surface area contributed by atoms with Gasteiger partial charge in [0.05, 0.1) is 0 Å². The lowest BCUT2D eigenvalue weighted by Gasteiger charge is -2.59. The van der Waals surface area contributed by atoms with Crippen molar-refractivity contribution in [1.82, 2.24) is 0 Å². The van der Waals surface area contributed by atoms with Crippen LogP contribution < -0.4 is 4.74 Å². The maximum atomic E-state index is 12.2. The number of carbonyl (C=O) groups is 1. The minimum Gasteiger partial charge on any atom is -0.490 e. The molecule has 0 N–H and O–H groups in total. The van der Waals surface area contributed by atoms with Crippen LogP contribution >= 0.6 is 11.8 Å². The molecule has 0 saturated heterocycles. The number of aryl methyl sites for hydroxylation is 1. The molecule has 3 fully saturated rings. The van der Waals surface area contributed by atoms with Gasteiger partial charge < -0.3 is 4.74 Å². The van der Waals surface area contributed by atoms with E-state index in [9.17, 15) is 4.79 Å². The summed E-state index contributed by atoms with van der Waals surface area (Å²) in [6, 6.07) is 8.47.